The first-order valence-electron chi connectivity index (χ1n) is 7.68. The smallest absolute Gasteiger partial charge is 1.00 e. The molecule has 2 radical (unpaired) electrons. The van der Waals surface area contributed by atoms with Crippen LogP contribution in [0.15, 0.2) is 60.7 Å². The Bertz CT molecular complexity index is 822. The minimum absolute atomic E-state index is 0. The van der Waals surface area contributed by atoms with Crippen LogP contribution >= 0.6 is 0 Å². The third kappa shape index (κ3) is 4.47. The van der Waals surface area contributed by atoms with Crippen LogP contribution in [0.25, 0.3) is 11.1 Å². The van der Waals surface area contributed by atoms with Crippen molar-refractivity contribution in [2.75, 3.05) is 0 Å². The average molecular weight is 452 g/mol. The molecule has 0 bridgehead atoms. The summed E-state index contributed by atoms with van der Waals surface area (Å²) in [6.45, 7) is 4.44. The molecule has 0 saturated carbocycles. The van der Waals surface area contributed by atoms with Crippen LogP contribution in [0.1, 0.15) is 27.8 Å². The maximum absolute atomic E-state index is 3.51. The minimum Gasteiger partial charge on any atom is -1.00 e. The number of benzene rings is 3. The molecule has 1 atom stereocenters. The molecule has 0 saturated heterocycles. The topological polar surface area (TPSA) is 0 Å². The van der Waals surface area contributed by atoms with E-state index >= 15 is 0 Å². The Kier molecular flexibility index (Phi) is 10.5. The van der Waals surface area contributed by atoms with Gasteiger partial charge in [-0.3, -0.25) is 0 Å². The summed E-state index contributed by atoms with van der Waals surface area (Å²) in [5, 5.41) is 1.48. The van der Waals surface area contributed by atoms with E-state index in [0.29, 0.717) is 5.54 Å². The Balaban J connectivity index is 0.00000156. The van der Waals surface area contributed by atoms with Gasteiger partial charge in [-0.15, -0.1) is 11.1 Å². The van der Waals surface area contributed by atoms with Crippen LogP contribution in [-0.4, -0.2) is 9.52 Å². The number of hydrogen-bond acceptors (Lipinski definition) is 0. The van der Waals surface area contributed by atoms with Gasteiger partial charge < -0.3 is 37.2 Å². The summed E-state index contributed by atoms with van der Waals surface area (Å²) >= 11 is 0. The Hall–Kier alpha value is -0.539. The van der Waals surface area contributed by atoms with Gasteiger partial charge in [-0.25, -0.2) is 0 Å². The maximum Gasteiger partial charge on any atom is 4.00 e. The molecule has 0 aromatic heterocycles. The number of hydrogen-bond donors (Lipinski definition) is 0. The van der Waals surface area contributed by atoms with E-state index in [0.717, 1.165) is 9.52 Å². The first-order valence-corrected chi connectivity index (χ1v) is 8.76. The molecule has 3 aromatic rings. The van der Waals surface area contributed by atoms with Gasteiger partial charge in [0.15, 0.2) is 0 Å². The van der Waals surface area contributed by atoms with Gasteiger partial charge in [0.2, 0.25) is 0 Å². The van der Waals surface area contributed by atoms with E-state index in [4.69, 9.17) is 0 Å². The Morgan fingerprint density at radius 2 is 1.50 bits per heavy atom. The number of aryl methyl sites for hydroxylation is 1. The summed E-state index contributed by atoms with van der Waals surface area (Å²) in [5.74, 6) is 0. The fourth-order valence-corrected chi connectivity index (χ4v) is 4.99. The quantitative estimate of drug-likeness (QED) is 0.271. The third-order valence-electron chi connectivity index (χ3n) is 4.64. The van der Waals surface area contributed by atoms with Crippen LogP contribution in [0.3, 0.4) is 0 Å². The summed E-state index contributed by atoms with van der Waals surface area (Å²) in [6.07, 6.45) is 0. The minimum atomic E-state index is 0. The zero-order valence-corrected chi connectivity index (χ0v) is 19.3. The van der Waals surface area contributed by atoms with Crippen LogP contribution in [0.4, 0.5) is 0 Å². The molecule has 4 rings (SSSR count). The van der Waals surface area contributed by atoms with E-state index in [1.54, 1.807) is 0 Å². The second kappa shape index (κ2) is 10.7. The molecule has 26 heavy (non-hydrogen) atoms. The molecule has 1 aliphatic carbocycles. The van der Waals surface area contributed by atoms with Crippen molar-refractivity contribution < 1.29 is 58.9 Å². The molecule has 1 unspecified atom stereocenters. The zero-order chi connectivity index (χ0) is 15.1. The van der Waals surface area contributed by atoms with Crippen molar-refractivity contribution in [1.29, 1.82) is 0 Å². The Morgan fingerprint density at radius 3 is 2.27 bits per heavy atom. The predicted octanol–water partition coefficient (Wildman–Crippen LogP) is -4.79. The Labute approximate surface area is 192 Å². The molecule has 1 aliphatic rings. The molecule has 130 valence electrons. The molecule has 0 amide bonds. The molecule has 0 spiro atoms. The summed E-state index contributed by atoms with van der Waals surface area (Å²) in [5.41, 5.74) is 8.84. The SMILES string of the molecule is Cc1cccc([Si]C2c3[c-]cccc3-c3ccccc32)c1C.[Cl-].[Cl-].[Cl-].[Ti+4]. The third-order valence-corrected chi connectivity index (χ3v) is 6.38. The van der Waals surface area contributed by atoms with Gasteiger partial charge in [-0.05, 0) is 36.1 Å². The van der Waals surface area contributed by atoms with Crippen LogP contribution in [0.2, 0.25) is 0 Å². The van der Waals surface area contributed by atoms with Gasteiger partial charge in [0.1, 0.15) is 0 Å². The average Bonchev–Trinajstić information content (AvgIpc) is 2.87. The van der Waals surface area contributed by atoms with E-state index in [9.17, 15) is 0 Å². The fraction of sp³-hybridized carbons (Fsp3) is 0.143. The van der Waals surface area contributed by atoms with E-state index in [2.05, 4.69) is 74.5 Å². The van der Waals surface area contributed by atoms with Crippen molar-refractivity contribution in [3.05, 3.63) is 89.0 Å². The summed E-state index contributed by atoms with van der Waals surface area (Å²) in [7, 11) is 0.756. The molecule has 0 fully saturated rings. The fourth-order valence-electron chi connectivity index (χ4n) is 3.29. The van der Waals surface area contributed by atoms with Crippen LogP contribution in [-0.2, 0) is 21.7 Å². The summed E-state index contributed by atoms with van der Waals surface area (Å²) in [6, 6.07) is 25.4. The largest absolute Gasteiger partial charge is 4.00 e. The molecule has 0 heterocycles. The van der Waals surface area contributed by atoms with Gasteiger partial charge in [-0.1, -0.05) is 53.2 Å². The second-order valence-electron chi connectivity index (χ2n) is 5.91. The molecular formula is C21H17Cl3SiTi. The summed E-state index contributed by atoms with van der Waals surface area (Å²) in [4.78, 5) is 0. The van der Waals surface area contributed by atoms with Gasteiger partial charge in [0.05, 0.1) is 9.52 Å². The molecule has 0 nitrogen and oxygen atoms in total. The van der Waals surface area contributed by atoms with Gasteiger partial charge >= 0.3 is 21.7 Å². The standard InChI is InChI=1S/C21H17Si.3ClH.Ti/c1-14-8-7-13-20(15(14)2)22-21-18-11-5-3-9-16(18)17-10-4-6-12-19(17)21;;;;/h3-11,13,21H,1-2H3;3*1H;/q-1;;;;+4/p-3. The van der Waals surface area contributed by atoms with Crippen molar-refractivity contribution in [2.24, 2.45) is 0 Å². The van der Waals surface area contributed by atoms with Gasteiger partial charge in [0, 0.05) is 0 Å². The van der Waals surface area contributed by atoms with Crippen LogP contribution < -0.4 is 42.4 Å². The Morgan fingerprint density at radius 1 is 0.808 bits per heavy atom. The number of halogens is 3. The summed E-state index contributed by atoms with van der Waals surface area (Å²) < 4.78 is 0. The molecule has 5 heteroatoms. The second-order valence-corrected chi connectivity index (χ2v) is 7.31. The molecule has 3 aromatic carbocycles. The van der Waals surface area contributed by atoms with Gasteiger partial charge in [-0.2, -0.15) is 24.3 Å². The van der Waals surface area contributed by atoms with E-state index in [-0.39, 0.29) is 58.9 Å². The number of rotatable bonds is 2. The first kappa shape index (κ1) is 25.5. The number of fused-ring (bicyclic) bond motifs is 3. The normalized spacial score (nSPS) is 13.1. The van der Waals surface area contributed by atoms with Crippen LogP contribution in [0.5, 0.6) is 0 Å². The molecule has 0 aliphatic heterocycles. The molecule has 0 N–H and O–H groups in total. The zero-order valence-electron chi connectivity index (χ0n) is 14.5. The van der Waals surface area contributed by atoms with Crippen molar-refractivity contribution in [2.45, 2.75) is 19.4 Å². The van der Waals surface area contributed by atoms with Crippen molar-refractivity contribution in [1.82, 2.24) is 0 Å². The van der Waals surface area contributed by atoms with Gasteiger partial charge in [0.25, 0.3) is 0 Å². The predicted molar refractivity (Wildman–Crippen MR) is 93.9 cm³/mol. The first-order chi connectivity index (χ1) is 10.8. The van der Waals surface area contributed by atoms with Crippen molar-refractivity contribution in [3.63, 3.8) is 0 Å². The van der Waals surface area contributed by atoms with Crippen molar-refractivity contribution in [3.8, 4) is 11.1 Å². The van der Waals surface area contributed by atoms with E-state index in [1.165, 1.54) is 38.6 Å². The van der Waals surface area contributed by atoms with Crippen molar-refractivity contribution >= 4 is 14.7 Å². The monoisotopic (exact) mass is 450 g/mol. The maximum atomic E-state index is 3.51. The van der Waals surface area contributed by atoms with E-state index in [1.807, 2.05) is 6.07 Å². The van der Waals surface area contributed by atoms with Crippen LogP contribution in [0, 0.1) is 19.9 Å². The van der Waals surface area contributed by atoms with E-state index < -0.39 is 0 Å². The molecular weight excluding hydrogens is 435 g/mol.